The van der Waals surface area contributed by atoms with Crippen molar-refractivity contribution in [2.24, 2.45) is 0 Å². The van der Waals surface area contributed by atoms with E-state index in [-0.39, 0.29) is 5.78 Å². The summed E-state index contributed by atoms with van der Waals surface area (Å²) in [5.74, 6) is 0.0619. The quantitative estimate of drug-likeness (QED) is 0.696. The van der Waals surface area contributed by atoms with Crippen LogP contribution in [0.3, 0.4) is 0 Å². The van der Waals surface area contributed by atoms with E-state index >= 15 is 0 Å². The van der Waals surface area contributed by atoms with Crippen molar-refractivity contribution < 1.29 is 14.5 Å². The summed E-state index contributed by atoms with van der Waals surface area (Å²) in [6.45, 7) is 0.399. The van der Waals surface area contributed by atoms with Crippen LogP contribution in [0.25, 0.3) is 0 Å². The van der Waals surface area contributed by atoms with E-state index in [1.54, 1.807) is 12.1 Å². The number of carbonyl (C=O) groups is 1. The van der Waals surface area contributed by atoms with Crippen LogP contribution in [0.4, 0.5) is 0 Å². The largest absolute Gasteiger partial charge is 0.491 e. The summed E-state index contributed by atoms with van der Waals surface area (Å²) >= 11 is 5.84. The van der Waals surface area contributed by atoms with E-state index in [0.717, 1.165) is 11.1 Å². The third kappa shape index (κ3) is 3.18. The van der Waals surface area contributed by atoms with Gasteiger partial charge in [-0.15, -0.1) is 0 Å². The minimum absolute atomic E-state index is 0.0619. The molecule has 0 amide bonds. The van der Waals surface area contributed by atoms with Crippen LogP contribution in [0.15, 0.2) is 42.5 Å². The summed E-state index contributed by atoms with van der Waals surface area (Å²) in [6, 6.07) is 12.9. The Labute approximate surface area is 128 Å². The molecule has 2 aromatic rings. The van der Waals surface area contributed by atoms with Crippen molar-refractivity contribution in [3.63, 3.8) is 0 Å². The van der Waals surface area contributed by atoms with Crippen molar-refractivity contribution in [2.75, 3.05) is 0 Å². The Morgan fingerprint density at radius 2 is 2.00 bits per heavy atom. The second-order valence-corrected chi connectivity index (χ2v) is 5.56. The molecule has 3 rings (SSSR count). The Balaban J connectivity index is 1.68. The molecule has 2 aromatic carbocycles. The Morgan fingerprint density at radius 1 is 1.24 bits per heavy atom. The molecule has 0 aromatic heterocycles. The molecule has 106 valence electrons. The van der Waals surface area contributed by atoms with Crippen LogP contribution in [0, 0.1) is 0 Å². The summed E-state index contributed by atoms with van der Waals surface area (Å²) in [5.41, 5.74) is 3.34. The van der Waals surface area contributed by atoms with Gasteiger partial charge < -0.3 is 9.68 Å². The van der Waals surface area contributed by atoms with E-state index in [0.29, 0.717) is 35.5 Å². The molecule has 0 spiro atoms. The first-order chi connectivity index (χ1) is 10.1. The summed E-state index contributed by atoms with van der Waals surface area (Å²) in [7, 11) is -0.913. The first-order valence-electron chi connectivity index (χ1n) is 6.83. The van der Waals surface area contributed by atoms with Gasteiger partial charge in [-0.25, -0.2) is 0 Å². The predicted molar refractivity (Wildman–Crippen MR) is 82.9 cm³/mol. The fraction of sp³-hybridized carbons (Fsp3) is 0.188. The molecule has 1 aliphatic heterocycles. The van der Waals surface area contributed by atoms with Crippen molar-refractivity contribution in [2.45, 2.75) is 19.4 Å². The van der Waals surface area contributed by atoms with Gasteiger partial charge in [0.1, 0.15) is 0 Å². The molecule has 1 aliphatic rings. The molecule has 0 saturated carbocycles. The summed E-state index contributed by atoms with van der Waals surface area (Å²) in [4.78, 5) is 12.2. The van der Waals surface area contributed by atoms with Crippen molar-refractivity contribution in [1.29, 1.82) is 0 Å². The summed E-state index contributed by atoms with van der Waals surface area (Å²) in [6.07, 6.45) is 1.10. The van der Waals surface area contributed by atoms with Crippen LogP contribution in [-0.4, -0.2) is 17.9 Å². The topological polar surface area (TPSA) is 46.5 Å². The number of fused-ring (bicyclic) bond motifs is 1. The lowest BCUT2D eigenvalue weighted by Crippen LogP contribution is -2.28. The number of aryl methyl sites for hydroxylation is 1. The normalized spacial score (nSPS) is 13.3. The van der Waals surface area contributed by atoms with E-state index in [1.807, 2.05) is 30.3 Å². The van der Waals surface area contributed by atoms with Crippen LogP contribution in [0.2, 0.25) is 5.02 Å². The number of halogens is 1. The molecule has 1 N–H and O–H groups in total. The maximum atomic E-state index is 12.2. The molecule has 5 heteroatoms. The molecule has 0 radical (unpaired) electrons. The highest BCUT2D eigenvalue weighted by atomic mass is 35.5. The molecule has 0 fully saturated rings. The second kappa shape index (κ2) is 6.02. The zero-order valence-electron chi connectivity index (χ0n) is 11.4. The van der Waals surface area contributed by atoms with Gasteiger partial charge in [-0.1, -0.05) is 41.9 Å². The number of rotatable bonds is 4. The number of Topliss-reactive ketones (excluding diaryl/α,β-unsaturated/α-hetero) is 1. The number of hydrogen-bond acceptors (Lipinski definition) is 3. The molecule has 21 heavy (non-hydrogen) atoms. The van der Waals surface area contributed by atoms with Crippen LogP contribution < -0.4 is 5.46 Å². The molecule has 0 aliphatic carbocycles. The van der Waals surface area contributed by atoms with Gasteiger partial charge >= 0.3 is 7.12 Å². The fourth-order valence-electron chi connectivity index (χ4n) is 2.44. The molecule has 0 unspecified atom stereocenters. The Morgan fingerprint density at radius 3 is 2.76 bits per heavy atom. The lowest BCUT2D eigenvalue weighted by molar-refractivity contribution is 0.0983. The van der Waals surface area contributed by atoms with Crippen molar-refractivity contribution in [3.05, 3.63) is 64.2 Å². The zero-order chi connectivity index (χ0) is 14.8. The van der Waals surface area contributed by atoms with Gasteiger partial charge in [0.2, 0.25) is 0 Å². The van der Waals surface area contributed by atoms with E-state index in [9.17, 15) is 9.82 Å². The number of hydrogen-bond donors (Lipinski definition) is 1. The van der Waals surface area contributed by atoms with Gasteiger partial charge in [0.05, 0.1) is 6.61 Å². The Hall–Kier alpha value is -1.62. The smallest absolute Gasteiger partial charge is 0.423 e. The predicted octanol–water partition coefficient (Wildman–Crippen LogP) is 2.37. The van der Waals surface area contributed by atoms with Gasteiger partial charge in [0.15, 0.2) is 5.78 Å². The highest BCUT2D eigenvalue weighted by molar-refractivity contribution is 6.61. The molecule has 0 bridgehead atoms. The van der Waals surface area contributed by atoms with E-state index < -0.39 is 7.12 Å². The maximum Gasteiger partial charge on any atom is 0.491 e. The summed E-state index contributed by atoms with van der Waals surface area (Å²) in [5, 5.41) is 10.4. The van der Waals surface area contributed by atoms with Gasteiger partial charge in [0, 0.05) is 17.0 Å². The average Bonchev–Trinajstić information content (AvgIpc) is 2.87. The highest BCUT2D eigenvalue weighted by Crippen LogP contribution is 2.15. The van der Waals surface area contributed by atoms with Crippen LogP contribution in [0.5, 0.6) is 0 Å². The van der Waals surface area contributed by atoms with Crippen molar-refractivity contribution >= 4 is 30.0 Å². The Bertz CT molecular complexity index is 670. The average molecular weight is 301 g/mol. The van der Waals surface area contributed by atoms with Crippen LogP contribution in [-0.2, 0) is 17.7 Å². The number of carbonyl (C=O) groups excluding carboxylic acids is 1. The second-order valence-electron chi connectivity index (χ2n) is 5.13. The fourth-order valence-corrected chi connectivity index (χ4v) is 2.57. The minimum Gasteiger partial charge on any atom is -0.423 e. The molecule has 0 saturated heterocycles. The van der Waals surface area contributed by atoms with E-state index in [4.69, 9.17) is 16.3 Å². The monoisotopic (exact) mass is 300 g/mol. The standard InChI is InChI=1S/C16H14BClO3/c18-14-6-1-11(2-7-14)3-8-16(19)12-4-5-13-10-21-17(20)15(13)9-12/h1-2,4-7,9,20H,3,8,10H2. The van der Waals surface area contributed by atoms with Crippen molar-refractivity contribution in [3.8, 4) is 0 Å². The summed E-state index contributed by atoms with van der Waals surface area (Å²) < 4.78 is 5.13. The number of benzene rings is 2. The van der Waals surface area contributed by atoms with Crippen LogP contribution >= 0.6 is 11.6 Å². The van der Waals surface area contributed by atoms with Gasteiger partial charge in [-0.3, -0.25) is 4.79 Å². The highest BCUT2D eigenvalue weighted by Gasteiger charge is 2.27. The van der Waals surface area contributed by atoms with Crippen molar-refractivity contribution in [1.82, 2.24) is 0 Å². The minimum atomic E-state index is -0.913. The van der Waals surface area contributed by atoms with Gasteiger partial charge in [-0.2, -0.15) is 0 Å². The van der Waals surface area contributed by atoms with E-state index in [1.165, 1.54) is 0 Å². The molecule has 3 nitrogen and oxygen atoms in total. The lowest BCUT2D eigenvalue weighted by atomic mass is 9.78. The SMILES string of the molecule is O=C(CCc1ccc(Cl)cc1)c1ccc2c(c1)B(O)OC2. The zero-order valence-corrected chi connectivity index (χ0v) is 12.1. The van der Waals surface area contributed by atoms with Crippen LogP contribution in [0.1, 0.15) is 27.9 Å². The van der Waals surface area contributed by atoms with Gasteiger partial charge in [0.25, 0.3) is 0 Å². The van der Waals surface area contributed by atoms with Gasteiger partial charge in [-0.05, 0) is 35.1 Å². The lowest BCUT2D eigenvalue weighted by Gasteiger charge is -2.05. The first-order valence-corrected chi connectivity index (χ1v) is 7.21. The third-order valence-corrected chi connectivity index (χ3v) is 3.94. The Kier molecular flexibility index (Phi) is 4.11. The maximum absolute atomic E-state index is 12.2. The number of ketones is 1. The third-order valence-electron chi connectivity index (χ3n) is 3.68. The molecule has 0 atom stereocenters. The first kappa shape index (κ1) is 14.3. The molecular formula is C16H14BClO3. The molecular weight excluding hydrogens is 286 g/mol. The van der Waals surface area contributed by atoms with E-state index in [2.05, 4.69) is 0 Å². The molecule has 1 heterocycles.